The van der Waals surface area contributed by atoms with Gasteiger partial charge >= 0.3 is 0 Å². The summed E-state index contributed by atoms with van der Waals surface area (Å²) < 4.78 is 0. The summed E-state index contributed by atoms with van der Waals surface area (Å²) in [6, 6.07) is 13.8. The van der Waals surface area contributed by atoms with Crippen LogP contribution in [0, 0.1) is 6.92 Å². The van der Waals surface area contributed by atoms with Gasteiger partial charge < -0.3 is 14.9 Å². The highest BCUT2D eigenvalue weighted by Gasteiger charge is 2.22. The van der Waals surface area contributed by atoms with Gasteiger partial charge in [-0.15, -0.1) is 11.8 Å². The summed E-state index contributed by atoms with van der Waals surface area (Å²) in [7, 11) is 0. The Morgan fingerprint density at radius 1 is 1.04 bits per heavy atom. The van der Waals surface area contributed by atoms with E-state index in [0.29, 0.717) is 5.75 Å². The van der Waals surface area contributed by atoms with Crippen molar-refractivity contribution in [3.8, 4) is 5.75 Å². The molecule has 0 aromatic heterocycles. The number of carbonyl (C=O) groups is 1. The zero-order valence-electron chi connectivity index (χ0n) is 17.2. The highest BCUT2D eigenvalue weighted by molar-refractivity contribution is 8.00. The predicted octanol–water partition coefficient (Wildman–Crippen LogP) is 4.44. The molecule has 5 heteroatoms. The molecule has 3 rings (SSSR count). The Bertz CT molecular complexity index is 819. The highest BCUT2D eigenvalue weighted by Crippen LogP contribution is 2.30. The molecule has 1 amide bonds. The van der Waals surface area contributed by atoms with E-state index in [9.17, 15) is 9.90 Å². The largest absolute Gasteiger partial charge is 0.508 e. The van der Waals surface area contributed by atoms with Gasteiger partial charge in [-0.1, -0.05) is 32.9 Å². The lowest BCUT2D eigenvalue weighted by molar-refractivity contribution is -0.128. The molecule has 0 bridgehead atoms. The third kappa shape index (κ3) is 5.02. The van der Waals surface area contributed by atoms with Gasteiger partial charge in [-0.2, -0.15) is 0 Å². The van der Waals surface area contributed by atoms with Gasteiger partial charge in [0.1, 0.15) is 5.75 Å². The summed E-state index contributed by atoms with van der Waals surface area (Å²) in [6.45, 7) is 11.9. The van der Waals surface area contributed by atoms with E-state index in [2.05, 4.69) is 50.8 Å². The van der Waals surface area contributed by atoms with E-state index >= 15 is 0 Å². The summed E-state index contributed by atoms with van der Waals surface area (Å²) >= 11 is 1.65. The fourth-order valence-corrected chi connectivity index (χ4v) is 4.30. The zero-order chi connectivity index (χ0) is 20.3. The number of piperazine rings is 1. The van der Waals surface area contributed by atoms with Crippen LogP contribution in [0.3, 0.4) is 0 Å². The Labute approximate surface area is 172 Å². The molecule has 1 N–H and O–H groups in total. The van der Waals surface area contributed by atoms with Crippen molar-refractivity contribution in [2.75, 3.05) is 36.8 Å². The molecule has 0 atom stereocenters. The lowest BCUT2D eigenvalue weighted by Crippen LogP contribution is -2.49. The number of phenolic OH excluding ortho intramolecular Hbond substituents is 1. The van der Waals surface area contributed by atoms with Crippen LogP contribution >= 0.6 is 11.8 Å². The van der Waals surface area contributed by atoms with Crippen LogP contribution in [-0.4, -0.2) is 47.8 Å². The maximum absolute atomic E-state index is 12.7. The monoisotopic (exact) mass is 398 g/mol. The molecule has 0 radical (unpaired) electrons. The van der Waals surface area contributed by atoms with Gasteiger partial charge in [0, 0.05) is 36.8 Å². The van der Waals surface area contributed by atoms with Crippen LogP contribution in [0.15, 0.2) is 47.4 Å². The number of carbonyl (C=O) groups excluding carboxylic acids is 1. The van der Waals surface area contributed by atoms with Gasteiger partial charge in [-0.25, -0.2) is 0 Å². The number of thioether (sulfide) groups is 1. The second kappa shape index (κ2) is 8.48. The van der Waals surface area contributed by atoms with Crippen LogP contribution in [0.1, 0.15) is 31.9 Å². The van der Waals surface area contributed by atoms with Crippen molar-refractivity contribution < 1.29 is 9.90 Å². The van der Waals surface area contributed by atoms with Crippen LogP contribution in [0.5, 0.6) is 5.75 Å². The van der Waals surface area contributed by atoms with Gasteiger partial charge in [-0.3, -0.25) is 4.79 Å². The zero-order valence-corrected chi connectivity index (χ0v) is 18.1. The number of phenols is 1. The minimum atomic E-state index is 0.109. The maximum Gasteiger partial charge on any atom is 0.233 e. The number of nitrogens with zero attached hydrogens (tertiary/aromatic N) is 2. The van der Waals surface area contributed by atoms with Crippen LogP contribution < -0.4 is 4.90 Å². The number of anilines is 1. The summed E-state index contributed by atoms with van der Waals surface area (Å²) in [4.78, 5) is 18.1. The fraction of sp³-hybridized carbons (Fsp3) is 0.435. The first-order valence-electron chi connectivity index (χ1n) is 9.80. The minimum Gasteiger partial charge on any atom is -0.508 e. The summed E-state index contributed by atoms with van der Waals surface area (Å²) in [5.41, 5.74) is 3.73. The first kappa shape index (κ1) is 20.6. The van der Waals surface area contributed by atoms with E-state index in [-0.39, 0.29) is 17.1 Å². The third-order valence-electron chi connectivity index (χ3n) is 5.25. The molecule has 1 aliphatic rings. The number of hydrogen-bond acceptors (Lipinski definition) is 4. The van der Waals surface area contributed by atoms with Gasteiger partial charge in [-0.05, 0) is 53.8 Å². The van der Waals surface area contributed by atoms with Crippen molar-refractivity contribution in [3.05, 3.63) is 53.6 Å². The normalized spacial score (nSPS) is 15.0. The molecule has 2 aromatic carbocycles. The Balaban J connectivity index is 1.54. The topological polar surface area (TPSA) is 43.8 Å². The van der Waals surface area contributed by atoms with Crippen LogP contribution in [-0.2, 0) is 10.2 Å². The van der Waals surface area contributed by atoms with Gasteiger partial charge in [0.15, 0.2) is 0 Å². The number of aromatic hydroxyl groups is 1. The van der Waals surface area contributed by atoms with E-state index in [4.69, 9.17) is 0 Å². The van der Waals surface area contributed by atoms with Crippen molar-refractivity contribution >= 4 is 23.4 Å². The number of aryl methyl sites for hydroxylation is 1. The highest BCUT2D eigenvalue weighted by atomic mass is 32.2. The Kier molecular flexibility index (Phi) is 6.23. The Morgan fingerprint density at radius 2 is 1.68 bits per heavy atom. The van der Waals surface area contributed by atoms with E-state index < -0.39 is 0 Å². The Hall–Kier alpha value is -2.14. The molecular formula is C23H30N2O2S. The number of rotatable bonds is 4. The van der Waals surface area contributed by atoms with Crippen LogP contribution in [0.2, 0.25) is 0 Å². The molecule has 0 spiro atoms. The molecule has 2 aromatic rings. The average molecular weight is 399 g/mol. The van der Waals surface area contributed by atoms with Crippen LogP contribution in [0.4, 0.5) is 5.69 Å². The van der Waals surface area contributed by atoms with Crippen LogP contribution in [0.25, 0.3) is 0 Å². The van der Waals surface area contributed by atoms with Crippen molar-refractivity contribution in [3.63, 3.8) is 0 Å². The SMILES string of the molecule is Cc1ccc(C(C)(C)C)cc1SCC(=O)N1CCN(c2ccc(O)cc2)CC1. The second-order valence-electron chi connectivity index (χ2n) is 8.40. The average Bonchev–Trinajstić information content (AvgIpc) is 2.67. The molecule has 1 aliphatic heterocycles. The van der Waals surface area contributed by atoms with Crippen molar-refractivity contribution in [2.24, 2.45) is 0 Å². The standard InChI is InChI=1S/C23H30N2O2S/c1-17-5-6-18(23(2,3)4)15-21(17)28-16-22(27)25-13-11-24(12-14-25)19-7-9-20(26)10-8-19/h5-10,15,26H,11-14,16H2,1-4H3. The molecule has 28 heavy (non-hydrogen) atoms. The van der Waals surface area contributed by atoms with Crippen molar-refractivity contribution in [1.29, 1.82) is 0 Å². The first-order valence-corrected chi connectivity index (χ1v) is 10.8. The maximum atomic E-state index is 12.7. The van der Waals surface area contributed by atoms with Gasteiger partial charge in [0.2, 0.25) is 5.91 Å². The lowest BCUT2D eigenvalue weighted by atomic mass is 9.87. The number of benzene rings is 2. The smallest absolute Gasteiger partial charge is 0.233 e. The van der Waals surface area contributed by atoms with Gasteiger partial charge in [0.25, 0.3) is 0 Å². The quantitative estimate of drug-likeness (QED) is 0.774. The summed E-state index contributed by atoms with van der Waals surface area (Å²) in [5.74, 6) is 0.963. The molecule has 0 unspecified atom stereocenters. The molecular weight excluding hydrogens is 368 g/mol. The number of hydrogen-bond donors (Lipinski definition) is 1. The van der Waals surface area contributed by atoms with E-state index in [0.717, 1.165) is 31.9 Å². The molecule has 150 valence electrons. The van der Waals surface area contributed by atoms with Gasteiger partial charge in [0.05, 0.1) is 5.75 Å². The summed E-state index contributed by atoms with van der Waals surface area (Å²) in [6.07, 6.45) is 0. The predicted molar refractivity (Wildman–Crippen MR) is 118 cm³/mol. The van der Waals surface area contributed by atoms with Crippen molar-refractivity contribution in [1.82, 2.24) is 4.90 Å². The number of amides is 1. The summed E-state index contributed by atoms with van der Waals surface area (Å²) in [5, 5.41) is 9.43. The minimum absolute atomic E-state index is 0.109. The molecule has 4 nitrogen and oxygen atoms in total. The third-order valence-corrected chi connectivity index (χ3v) is 6.39. The Morgan fingerprint density at radius 3 is 2.29 bits per heavy atom. The fourth-order valence-electron chi connectivity index (χ4n) is 3.33. The van der Waals surface area contributed by atoms with E-state index in [1.165, 1.54) is 16.0 Å². The molecule has 1 heterocycles. The van der Waals surface area contributed by atoms with E-state index in [1.807, 2.05) is 17.0 Å². The molecule has 1 saturated heterocycles. The second-order valence-corrected chi connectivity index (χ2v) is 9.42. The molecule has 0 saturated carbocycles. The van der Waals surface area contributed by atoms with E-state index in [1.54, 1.807) is 23.9 Å². The first-order chi connectivity index (χ1) is 13.2. The lowest BCUT2D eigenvalue weighted by Gasteiger charge is -2.36. The van der Waals surface area contributed by atoms with Crippen molar-refractivity contribution in [2.45, 2.75) is 38.0 Å². The molecule has 0 aliphatic carbocycles. The molecule has 1 fully saturated rings.